The fourth-order valence-electron chi connectivity index (χ4n) is 3.20. The summed E-state index contributed by atoms with van der Waals surface area (Å²) >= 11 is 6.26. The van der Waals surface area contributed by atoms with Crippen LogP contribution in [-0.2, 0) is 9.53 Å². The molecule has 9 heteroatoms. The Morgan fingerprint density at radius 2 is 2.11 bits per heavy atom. The summed E-state index contributed by atoms with van der Waals surface area (Å²) in [4.78, 5) is 38.4. The van der Waals surface area contributed by atoms with Gasteiger partial charge in [-0.25, -0.2) is 15.0 Å². The van der Waals surface area contributed by atoms with Gasteiger partial charge in [-0.05, 0) is 36.8 Å². The first-order valence-electron chi connectivity index (χ1n) is 8.71. The van der Waals surface area contributed by atoms with Crippen LogP contribution in [0, 0.1) is 0 Å². The van der Waals surface area contributed by atoms with Crippen LogP contribution in [0.25, 0.3) is 11.4 Å². The number of nitrogens with one attached hydrogen (secondary N) is 1. The number of hydrogen-bond donors (Lipinski definition) is 1. The second kappa shape index (κ2) is 8.45. The van der Waals surface area contributed by atoms with Crippen molar-refractivity contribution in [3.8, 4) is 11.4 Å². The molecule has 0 aliphatic carbocycles. The third kappa shape index (κ3) is 4.02. The molecule has 2 amide bonds. The van der Waals surface area contributed by atoms with Gasteiger partial charge in [0.05, 0.1) is 30.1 Å². The molecule has 0 radical (unpaired) electrons. The first-order chi connectivity index (χ1) is 13.4. The first-order valence-corrected chi connectivity index (χ1v) is 9.09. The fourth-order valence-corrected chi connectivity index (χ4v) is 3.42. The van der Waals surface area contributed by atoms with Crippen LogP contribution < -0.4 is 5.32 Å². The van der Waals surface area contributed by atoms with Crippen molar-refractivity contribution in [3.05, 3.63) is 53.6 Å². The fraction of sp³-hybridized carbons (Fsp3) is 0.316. The number of amides is 2. The third-order valence-electron chi connectivity index (χ3n) is 4.50. The van der Waals surface area contributed by atoms with Gasteiger partial charge in [0.15, 0.2) is 0 Å². The van der Waals surface area contributed by atoms with Crippen molar-refractivity contribution < 1.29 is 14.3 Å². The lowest BCUT2D eigenvalue weighted by molar-refractivity contribution is -0.140. The van der Waals surface area contributed by atoms with Gasteiger partial charge in [-0.15, -0.1) is 0 Å². The van der Waals surface area contributed by atoms with E-state index in [4.69, 9.17) is 16.3 Å². The van der Waals surface area contributed by atoms with Crippen molar-refractivity contribution in [1.29, 1.82) is 0 Å². The molecule has 0 bridgehead atoms. The second-order valence-corrected chi connectivity index (χ2v) is 6.62. The molecule has 8 nitrogen and oxygen atoms in total. The number of carbonyl (C=O) groups is 2. The molecular weight excluding hydrogens is 382 g/mol. The summed E-state index contributed by atoms with van der Waals surface area (Å²) in [7, 11) is 1.52. The summed E-state index contributed by atoms with van der Waals surface area (Å²) in [5.41, 5.74) is 1.90. The van der Waals surface area contributed by atoms with Crippen molar-refractivity contribution in [2.24, 2.45) is 0 Å². The molecule has 0 aromatic carbocycles. The minimum Gasteiger partial charge on any atom is -0.374 e. The van der Waals surface area contributed by atoms with E-state index in [0.29, 0.717) is 24.5 Å². The average molecular weight is 402 g/mol. The molecule has 28 heavy (non-hydrogen) atoms. The number of ether oxygens (including phenoxy) is 1. The molecule has 2 aromatic heterocycles. The second-order valence-electron chi connectivity index (χ2n) is 6.23. The largest absolute Gasteiger partial charge is 0.374 e. The van der Waals surface area contributed by atoms with Gasteiger partial charge in [0.2, 0.25) is 5.91 Å². The summed E-state index contributed by atoms with van der Waals surface area (Å²) in [5.74, 6) is -0.512. The van der Waals surface area contributed by atoms with E-state index in [0.717, 1.165) is 5.56 Å². The molecule has 2 aromatic rings. The van der Waals surface area contributed by atoms with Crippen molar-refractivity contribution in [2.75, 3.05) is 20.2 Å². The average Bonchev–Trinajstić information content (AvgIpc) is 2.71. The van der Waals surface area contributed by atoms with Crippen molar-refractivity contribution >= 4 is 23.4 Å². The highest BCUT2D eigenvalue weighted by Gasteiger charge is 2.33. The number of carbonyl (C=O) groups excluding carboxylic acids is 2. The van der Waals surface area contributed by atoms with Crippen LogP contribution in [-0.4, -0.2) is 58.0 Å². The molecule has 0 saturated carbocycles. The van der Waals surface area contributed by atoms with E-state index >= 15 is 0 Å². The van der Waals surface area contributed by atoms with Crippen LogP contribution in [0.2, 0.25) is 5.15 Å². The quantitative estimate of drug-likeness (QED) is 0.621. The SMILES string of the molecule is C=CC(=O)N1CCO[C@H](C)[C@@H]1c1cc(Cl)nc(-c2cc(C(=O)NC)ncn2)c1. The van der Waals surface area contributed by atoms with Gasteiger partial charge in [0.25, 0.3) is 5.91 Å². The number of aromatic nitrogens is 3. The van der Waals surface area contributed by atoms with Gasteiger partial charge in [0, 0.05) is 13.6 Å². The van der Waals surface area contributed by atoms with Crippen molar-refractivity contribution in [2.45, 2.75) is 19.1 Å². The normalized spacial score (nSPS) is 19.2. The smallest absolute Gasteiger partial charge is 0.269 e. The molecule has 3 rings (SSSR count). The Morgan fingerprint density at radius 3 is 2.82 bits per heavy atom. The van der Waals surface area contributed by atoms with Crippen LogP contribution in [0.3, 0.4) is 0 Å². The molecule has 1 fully saturated rings. The molecular formula is C19H20ClN5O3. The van der Waals surface area contributed by atoms with Crippen LogP contribution in [0.1, 0.15) is 29.0 Å². The van der Waals surface area contributed by atoms with Crippen LogP contribution >= 0.6 is 11.6 Å². The minimum atomic E-state index is -0.348. The lowest BCUT2D eigenvalue weighted by Crippen LogP contribution is -2.46. The molecule has 1 aliphatic rings. The molecule has 1 saturated heterocycles. The zero-order chi connectivity index (χ0) is 20.3. The van der Waals surface area contributed by atoms with Gasteiger partial charge in [-0.3, -0.25) is 9.59 Å². The first kappa shape index (κ1) is 19.9. The van der Waals surface area contributed by atoms with E-state index < -0.39 is 0 Å². The Kier molecular flexibility index (Phi) is 6.01. The number of nitrogens with zero attached hydrogens (tertiary/aromatic N) is 4. The van der Waals surface area contributed by atoms with E-state index in [1.807, 2.05) is 6.92 Å². The van der Waals surface area contributed by atoms with Crippen LogP contribution in [0.15, 0.2) is 37.2 Å². The lowest BCUT2D eigenvalue weighted by Gasteiger charge is -2.39. The number of morpholine rings is 1. The van der Waals surface area contributed by atoms with Crippen molar-refractivity contribution in [1.82, 2.24) is 25.2 Å². The van der Waals surface area contributed by atoms with E-state index in [2.05, 4.69) is 26.8 Å². The van der Waals surface area contributed by atoms with E-state index in [1.165, 1.54) is 25.5 Å². The lowest BCUT2D eigenvalue weighted by atomic mass is 9.98. The predicted molar refractivity (Wildman–Crippen MR) is 104 cm³/mol. The van der Waals surface area contributed by atoms with Gasteiger partial charge < -0.3 is 15.0 Å². The molecule has 0 unspecified atom stereocenters. The summed E-state index contributed by atoms with van der Waals surface area (Å²) < 4.78 is 5.75. The van der Waals surface area contributed by atoms with Crippen LogP contribution in [0.4, 0.5) is 0 Å². The Morgan fingerprint density at radius 1 is 1.32 bits per heavy atom. The van der Waals surface area contributed by atoms with Gasteiger partial charge in [-0.1, -0.05) is 18.2 Å². The summed E-state index contributed by atoms with van der Waals surface area (Å²) in [6.07, 6.45) is 2.34. The number of rotatable bonds is 4. The molecule has 1 N–H and O–H groups in total. The van der Waals surface area contributed by atoms with Gasteiger partial charge in [-0.2, -0.15) is 0 Å². The Hall–Kier alpha value is -2.84. The molecule has 3 heterocycles. The monoisotopic (exact) mass is 401 g/mol. The number of halogens is 1. The van der Waals surface area contributed by atoms with E-state index in [9.17, 15) is 9.59 Å². The maximum absolute atomic E-state index is 12.3. The summed E-state index contributed by atoms with van der Waals surface area (Å²) in [5, 5.41) is 2.77. The molecule has 146 valence electrons. The van der Waals surface area contributed by atoms with Gasteiger partial charge >= 0.3 is 0 Å². The van der Waals surface area contributed by atoms with E-state index in [-0.39, 0.29) is 34.8 Å². The van der Waals surface area contributed by atoms with Crippen LogP contribution in [0.5, 0.6) is 0 Å². The zero-order valence-electron chi connectivity index (χ0n) is 15.6. The zero-order valence-corrected chi connectivity index (χ0v) is 16.3. The maximum atomic E-state index is 12.3. The molecule has 0 spiro atoms. The number of hydrogen-bond acceptors (Lipinski definition) is 6. The summed E-state index contributed by atoms with van der Waals surface area (Å²) in [6.45, 7) is 6.38. The predicted octanol–water partition coefficient (Wildman–Crippen LogP) is 2.03. The topological polar surface area (TPSA) is 97.3 Å². The van der Waals surface area contributed by atoms with E-state index in [1.54, 1.807) is 17.0 Å². The Balaban J connectivity index is 2.05. The highest BCUT2D eigenvalue weighted by atomic mass is 35.5. The minimum absolute atomic E-state index is 0.182. The standard InChI is InChI=1S/C19H20ClN5O3/c1-4-17(26)25-5-6-28-11(2)18(25)12-7-14(24-16(20)8-12)13-9-15(19(27)21-3)23-10-22-13/h4,7-11,18H,1,5-6H2,2-3H3,(H,21,27)/t11-,18-/m1/s1. The Labute approximate surface area is 167 Å². The summed E-state index contributed by atoms with van der Waals surface area (Å²) in [6, 6.07) is 4.68. The number of pyridine rings is 1. The van der Waals surface area contributed by atoms with Crippen molar-refractivity contribution in [3.63, 3.8) is 0 Å². The maximum Gasteiger partial charge on any atom is 0.269 e. The molecule has 1 aliphatic heterocycles. The highest BCUT2D eigenvalue weighted by molar-refractivity contribution is 6.29. The Bertz CT molecular complexity index is 920. The third-order valence-corrected chi connectivity index (χ3v) is 4.69. The van der Waals surface area contributed by atoms with Gasteiger partial charge in [0.1, 0.15) is 17.2 Å². The highest BCUT2D eigenvalue weighted by Crippen LogP contribution is 2.33. The molecule has 2 atom stereocenters.